The number of nitrogens with zero attached hydrogens (tertiary/aromatic N) is 3. The largest absolute Gasteiger partial charge is 0.384 e. The molecule has 3 aromatic rings. The fraction of sp³-hybridized carbons (Fsp3) is 0.133. The van der Waals surface area contributed by atoms with Gasteiger partial charge in [0.1, 0.15) is 18.0 Å². The van der Waals surface area contributed by atoms with Crippen molar-refractivity contribution in [2.45, 2.75) is 4.90 Å². The molecule has 21 heavy (non-hydrogen) atoms. The molecule has 5 nitrogen and oxygen atoms in total. The SMILES string of the molecule is Nc1ccc2c(NCCSc3ccccc3)ncnc2n1. The summed E-state index contributed by atoms with van der Waals surface area (Å²) in [6.07, 6.45) is 1.50. The van der Waals surface area contributed by atoms with Crippen molar-refractivity contribution < 1.29 is 0 Å². The summed E-state index contributed by atoms with van der Waals surface area (Å²) >= 11 is 1.81. The minimum atomic E-state index is 0.465. The minimum absolute atomic E-state index is 0.465. The van der Waals surface area contributed by atoms with Gasteiger partial charge < -0.3 is 11.1 Å². The van der Waals surface area contributed by atoms with Gasteiger partial charge in [-0.3, -0.25) is 0 Å². The van der Waals surface area contributed by atoms with E-state index in [1.54, 1.807) is 17.8 Å². The van der Waals surface area contributed by atoms with E-state index in [0.717, 1.165) is 23.5 Å². The van der Waals surface area contributed by atoms with Crippen LogP contribution in [-0.4, -0.2) is 27.2 Å². The van der Waals surface area contributed by atoms with Crippen LogP contribution in [0.25, 0.3) is 11.0 Å². The molecule has 3 rings (SSSR count). The van der Waals surface area contributed by atoms with Crippen LogP contribution in [0.2, 0.25) is 0 Å². The quantitative estimate of drug-likeness (QED) is 0.557. The standard InChI is InChI=1S/C15H15N5S/c16-13-7-6-12-14(18-10-19-15(12)20-13)17-8-9-21-11-4-2-1-3-5-11/h1-7,10H,8-9H2,(H3,16,17,18,19,20). The first-order valence-corrected chi connectivity index (χ1v) is 7.60. The highest BCUT2D eigenvalue weighted by atomic mass is 32.2. The fourth-order valence-electron chi connectivity index (χ4n) is 1.95. The molecule has 0 unspecified atom stereocenters. The number of nitrogen functional groups attached to an aromatic ring is 1. The third-order valence-electron chi connectivity index (χ3n) is 2.93. The van der Waals surface area contributed by atoms with E-state index in [0.29, 0.717) is 11.5 Å². The molecule has 0 amide bonds. The molecule has 0 spiro atoms. The van der Waals surface area contributed by atoms with Gasteiger partial charge in [-0.15, -0.1) is 11.8 Å². The molecule has 6 heteroatoms. The smallest absolute Gasteiger partial charge is 0.166 e. The Labute approximate surface area is 127 Å². The summed E-state index contributed by atoms with van der Waals surface area (Å²) in [6, 6.07) is 14.0. The van der Waals surface area contributed by atoms with Crippen LogP contribution in [0.5, 0.6) is 0 Å². The second-order valence-corrected chi connectivity index (χ2v) is 5.59. The highest BCUT2D eigenvalue weighted by molar-refractivity contribution is 7.99. The first kappa shape index (κ1) is 13.6. The van der Waals surface area contributed by atoms with Crippen molar-refractivity contribution in [3.8, 4) is 0 Å². The van der Waals surface area contributed by atoms with Crippen molar-refractivity contribution in [2.75, 3.05) is 23.3 Å². The van der Waals surface area contributed by atoms with E-state index in [2.05, 4.69) is 32.4 Å². The number of hydrogen-bond acceptors (Lipinski definition) is 6. The predicted molar refractivity (Wildman–Crippen MR) is 87.4 cm³/mol. The van der Waals surface area contributed by atoms with Crippen LogP contribution in [0.1, 0.15) is 0 Å². The van der Waals surface area contributed by atoms with Gasteiger partial charge in [0, 0.05) is 17.2 Å². The highest BCUT2D eigenvalue weighted by Gasteiger charge is 2.04. The van der Waals surface area contributed by atoms with E-state index < -0.39 is 0 Å². The van der Waals surface area contributed by atoms with Gasteiger partial charge in [0.2, 0.25) is 0 Å². The lowest BCUT2D eigenvalue weighted by atomic mass is 10.3. The number of thioether (sulfide) groups is 1. The molecule has 0 atom stereocenters. The van der Waals surface area contributed by atoms with Gasteiger partial charge >= 0.3 is 0 Å². The fourth-order valence-corrected chi connectivity index (χ4v) is 2.74. The number of nitrogens with one attached hydrogen (secondary N) is 1. The van der Waals surface area contributed by atoms with Crippen molar-refractivity contribution in [1.82, 2.24) is 15.0 Å². The van der Waals surface area contributed by atoms with Gasteiger partial charge in [-0.2, -0.15) is 0 Å². The van der Waals surface area contributed by atoms with Gasteiger partial charge in [0.05, 0.1) is 5.39 Å². The number of fused-ring (bicyclic) bond motifs is 1. The Morgan fingerprint density at radius 1 is 1.05 bits per heavy atom. The van der Waals surface area contributed by atoms with Crippen molar-refractivity contribution in [1.29, 1.82) is 0 Å². The predicted octanol–water partition coefficient (Wildman–Crippen LogP) is 2.81. The number of hydrogen-bond donors (Lipinski definition) is 2. The average molecular weight is 297 g/mol. The van der Waals surface area contributed by atoms with Gasteiger partial charge in [0.15, 0.2) is 5.65 Å². The topological polar surface area (TPSA) is 76.7 Å². The molecular weight excluding hydrogens is 282 g/mol. The molecule has 0 aliphatic rings. The summed E-state index contributed by atoms with van der Waals surface area (Å²) in [5.41, 5.74) is 6.28. The Hall–Kier alpha value is -2.34. The monoisotopic (exact) mass is 297 g/mol. The molecule has 0 aliphatic carbocycles. The molecule has 0 saturated carbocycles. The molecular formula is C15H15N5S. The molecule has 3 N–H and O–H groups in total. The van der Waals surface area contributed by atoms with Crippen molar-refractivity contribution in [3.05, 3.63) is 48.8 Å². The summed E-state index contributed by atoms with van der Waals surface area (Å²) in [5, 5.41) is 4.21. The number of anilines is 2. The van der Waals surface area contributed by atoms with Gasteiger partial charge in [-0.05, 0) is 24.3 Å². The lowest BCUT2D eigenvalue weighted by molar-refractivity contribution is 1.13. The zero-order chi connectivity index (χ0) is 14.5. The van der Waals surface area contributed by atoms with Crippen LogP contribution in [0.4, 0.5) is 11.6 Å². The van der Waals surface area contributed by atoms with Crippen LogP contribution in [0, 0.1) is 0 Å². The molecule has 0 radical (unpaired) electrons. The first-order valence-electron chi connectivity index (χ1n) is 6.62. The second kappa shape index (κ2) is 6.41. The molecule has 1 aromatic carbocycles. The number of benzene rings is 1. The van der Waals surface area contributed by atoms with Crippen LogP contribution in [0.3, 0.4) is 0 Å². The van der Waals surface area contributed by atoms with Crippen molar-refractivity contribution >= 4 is 34.4 Å². The van der Waals surface area contributed by atoms with Gasteiger partial charge in [-0.1, -0.05) is 18.2 Å². The molecule has 0 saturated heterocycles. The maximum atomic E-state index is 5.66. The number of rotatable bonds is 5. The number of nitrogens with two attached hydrogens (primary N) is 1. The van der Waals surface area contributed by atoms with Crippen LogP contribution in [0.15, 0.2) is 53.7 Å². The summed E-state index contributed by atoms with van der Waals surface area (Å²) < 4.78 is 0. The third-order valence-corrected chi connectivity index (χ3v) is 3.94. The maximum absolute atomic E-state index is 5.66. The normalized spacial score (nSPS) is 10.7. The summed E-state index contributed by atoms with van der Waals surface area (Å²) in [5.74, 6) is 2.21. The Morgan fingerprint density at radius 3 is 2.76 bits per heavy atom. The Kier molecular flexibility index (Phi) is 4.16. The first-order chi connectivity index (χ1) is 10.3. The maximum Gasteiger partial charge on any atom is 0.166 e. The highest BCUT2D eigenvalue weighted by Crippen LogP contribution is 2.20. The molecule has 106 valence electrons. The lowest BCUT2D eigenvalue weighted by Gasteiger charge is -2.08. The Balaban J connectivity index is 1.63. The van der Waals surface area contributed by atoms with Gasteiger partial charge in [-0.25, -0.2) is 15.0 Å². The number of aromatic nitrogens is 3. The van der Waals surface area contributed by atoms with Crippen LogP contribution in [-0.2, 0) is 0 Å². The Bertz CT molecular complexity index is 732. The van der Waals surface area contributed by atoms with Crippen LogP contribution < -0.4 is 11.1 Å². The molecule has 0 fully saturated rings. The second-order valence-electron chi connectivity index (χ2n) is 4.42. The van der Waals surface area contributed by atoms with E-state index in [9.17, 15) is 0 Å². The summed E-state index contributed by atoms with van der Waals surface area (Å²) in [7, 11) is 0. The summed E-state index contributed by atoms with van der Waals surface area (Å²) in [6.45, 7) is 0.816. The van der Waals surface area contributed by atoms with Crippen molar-refractivity contribution in [2.24, 2.45) is 0 Å². The number of pyridine rings is 1. The molecule has 2 heterocycles. The van der Waals surface area contributed by atoms with E-state index in [1.807, 2.05) is 24.3 Å². The third kappa shape index (κ3) is 3.41. The molecule has 0 aliphatic heterocycles. The molecule has 0 bridgehead atoms. The van der Waals surface area contributed by atoms with E-state index in [1.165, 1.54) is 11.2 Å². The zero-order valence-electron chi connectivity index (χ0n) is 11.4. The van der Waals surface area contributed by atoms with Crippen LogP contribution >= 0.6 is 11.8 Å². The zero-order valence-corrected chi connectivity index (χ0v) is 12.2. The minimum Gasteiger partial charge on any atom is -0.384 e. The lowest BCUT2D eigenvalue weighted by Crippen LogP contribution is -2.07. The van der Waals surface area contributed by atoms with Crippen molar-refractivity contribution in [3.63, 3.8) is 0 Å². The van der Waals surface area contributed by atoms with E-state index in [-0.39, 0.29) is 0 Å². The van der Waals surface area contributed by atoms with E-state index in [4.69, 9.17) is 5.73 Å². The molecule has 2 aromatic heterocycles. The Morgan fingerprint density at radius 2 is 1.90 bits per heavy atom. The summed E-state index contributed by atoms with van der Waals surface area (Å²) in [4.78, 5) is 13.9. The average Bonchev–Trinajstić information content (AvgIpc) is 2.52. The van der Waals surface area contributed by atoms with Gasteiger partial charge in [0.25, 0.3) is 0 Å². The van der Waals surface area contributed by atoms with E-state index >= 15 is 0 Å².